The van der Waals surface area contributed by atoms with Gasteiger partial charge < -0.3 is 4.90 Å². The number of anilines is 3. The molecule has 1 nitrogen and oxygen atoms in total. The summed E-state index contributed by atoms with van der Waals surface area (Å²) >= 11 is 0. The molecule has 0 atom stereocenters. The van der Waals surface area contributed by atoms with E-state index in [0.29, 0.717) is 0 Å². The first-order valence-electron chi connectivity index (χ1n) is 20.9. The maximum atomic E-state index is 2.55. The summed E-state index contributed by atoms with van der Waals surface area (Å²) in [7, 11) is 0. The lowest BCUT2D eigenvalue weighted by molar-refractivity contribution is 0.660. The highest BCUT2D eigenvalue weighted by Gasteiger charge is 2.51. The molecule has 0 bridgehead atoms. The lowest BCUT2D eigenvalue weighted by Gasteiger charge is -2.32. The van der Waals surface area contributed by atoms with E-state index in [1.807, 2.05) is 0 Å². The molecule has 3 aliphatic carbocycles. The molecule has 1 spiro atoms. The molecule has 13 rings (SSSR count). The van der Waals surface area contributed by atoms with Gasteiger partial charge in [-0.05, 0) is 124 Å². The molecule has 3 aliphatic rings. The van der Waals surface area contributed by atoms with E-state index in [2.05, 4.69) is 219 Å². The van der Waals surface area contributed by atoms with Crippen LogP contribution in [0.1, 0.15) is 47.2 Å². The lowest BCUT2D eigenvalue weighted by atomic mass is 9.70. The van der Waals surface area contributed by atoms with Crippen LogP contribution < -0.4 is 4.90 Å². The number of fused-ring (bicyclic) bond motifs is 19. The van der Waals surface area contributed by atoms with Gasteiger partial charge in [0.15, 0.2) is 0 Å². The summed E-state index contributed by atoms with van der Waals surface area (Å²) in [5.41, 5.74) is 19.0. The molecular weight excluding hydrogens is 711 g/mol. The van der Waals surface area contributed by atoms with Gasteiger partial charge in [0.2, 0.25) is 0 Å². The molecule has 0 aliphatic heterocycles. The fourth-order valence-corrected chi connectivity index (χ4v) is 11.6. The van der Waals surface area contributed by atoms with Crippen molar-refractivity contribution >= 4 is 49.4 Å². The van der Waals surface area contributed by atoms with Gasteiger partial charge in [0.25, 0.3) is 0 Å². The average Bonchev–Trinajstić information content (AvgIpc) is 3.85. The first-order chi connectivity index (χ1) is 29.0. The summed E-state index contributed by atoms with van der Waals surface area (Å²) in [6.45, 7) is 4.75. The average molecular weight is 750 g/mol. The Bertz CT molecular complexity index is 3360. The summed E-state index contributed by atoms with van der Waals surface area (Å²) < 4.78 is 0. The maximum absolute atomic E-state index is 2.55. The smallest absolute Gasteiger partial charge is 0.0725 e. The summed E-state index contributed by atoms with van der Waals surface area (Å²) in [5, 5.41) is 7.67. The predicted octanol–water partition coefficient (Wildman–Crippen LogP) is 15.3. The predicted molar refractivity (Wildman–Crippen MR) is 248 cm³/mol. The van der Waals surface area contributed by atoms with E-state index < -0.39 is 0 Å². The number of benzene rings is 10. The molecule has 10 aromatic rings. The van der Waals surface area contributed by atoms with Crippen molar-refractivity contribution in [2.45, 2.75) is 24.7 Å². The van der Waals surface area contributed by atoms with Crippen LogP contribution in [-0.2, 0) is 10.8 Å². The van der Waals surface area contributed by atoms with Crippen LogP contribution in [0.5, 0.6) is 0 Å². The second-order valence-corrected chi connectivity index (χ2v) is 17.1. The first kappa shape index (κ1) is 32.8. The summed E-state index contributed by atoms with van der Waals surface area (Å²) in [6, 6.07) is 75.5. The molecule has 0 N–H and O–H groups in total. The number of nitrogens with zero attached hydrogens (tertiary/aromatic N) is 1. The Morgan fingerprint density at radius 3 is 1.34 bits per heavy atom. The molecule has 0 heterocycles. The van der Waals surface area contributed by atoms with Crippen LogP contribution in [0.25, 0.3) is 65.7 Å². The van der Waals surface area contributed by atoms with Crippen molar-refractivity contribution in [3.05, 3.63) is 234 Å². The van der Waals surface area contributed by atoms with Crippen LogP contribution in [0, 0.1) is 0 Å². The highest BCUT2D eigenvalue weighted by molar-refractivity contribution is 6.26. The number of hydrogen-bond acceptors (Lipinski definition) is 1. The van der Waals surface area contributed by atoms with Crippen LogP contribution in [0.3, 0.4) is 0 Å². The Morgan fingerprint density at radius 1 is 0.305 bits per heavy atom. The topological polar surface area (TPSA) is 3.24 Å². The van der Waals surface area contributed by atoms with E-state index in [1.54, 1.807) is 0 Å². The monoisotopic (exact) mass is 749 g/mol. The van der Waals surface area contributed by atoms with Crippen molar-refractivity contribution in [2.75, 3.05) is 4.90 Å². The molecule has 0 aromatic heterocycles. The van der Waals surface area contributed by atoms with Crippen LogP contribution >= 0.6 is 0 Å². The van der Waals surface area contributed by atoms with E-state index in [0.717, 1.165) is 11.4 Å². The van der Waals surface area contributed by atoms with Gasteiger partial charge in [-0.1, -0.05) is 184 Å². The molecule has 0 saturated heterocycles. The second kappa shape index (κ2) is 11.7. The third-order valence-electron chi connectivity index (χ3n) is 14.1. The Balaban J connectivity index is 1.12. The minimum Gasteiger partial charge on any atom is -0.310 e. The molecule has 0 amide bonds. The van der Waals surface area contributed by atoms with Crippen molar-refractivity contribution in [1.29, 1.82) is 0 Å². The van der Waals surface area contributed by atoms with E-state index in [1.165, 1.54) is 105 Å². The van der Waals surface area contributed by atoms with Crippen molar-refractivity contribution in [1.82, 2.24) is 0 Å². The van der Waals surface area contributed by atoms with Gasteiger partial charge in [-0.15, -0.1) is 0 Å². The molecule has 10 aromatic carbocycles. The Labute approximate surface area is 344 Å². The van der Waals surface area contributed by atoms with Crippen LogP contribution in [0.4, 0.5) is 17.1 Å². The minimum absolute atomic E-state index is 0.126. The quantitative estimate of drug-likeness (QED) is 0.163. The third kappa shape index (κ3) is 4.14. The standard InChI is InChI=1S/C58H39N/c1-57(2)49-24-11-10-23-46(49)56-54(57)28-15-29-55(56)59(36-30-32-42-40-18-4-3-16-38(40)39-17-5-6-19-41(39)47(42)34-36)37-31-33-53-48(35-37)45-22-9-14-27-52(45)58(53)50-25-12-7-20-43(50)44-21-8-13-26-51(44)58/h3-35H,1-2H3. The molecule has 1 heteroatoms. The molecule has 0 saturated carbocycles. The Hall–Kier alpha value is -7.22. The lowest BCUT2D eigenvalue weighted by Crippen LogP contribution is -2.25. The molecule has 59 heavy (non-hydrogen) atoms. The van der Waals surface area contributed by atoms with E-state index in [9.17, 15) is 0 Å². The Morgan fingerprint density at radius 2 is 0.729 bits per heavy atom. The van der Waals surface area contributed by atoms with Crippen molar-refractivity contribution in [3.8, 4) is 33.4 Å². The van der Waals surface area contributed by atoms with Crippen LogP contribution in [-0.4, -0.2) is 0 Å². The fourth-order valence-electron chi connectivity index (χ4n) is 11.6. The zero-order valence-electron chi connectivity index (χ0n) is 33.0. The Kier molecular flexibility index (Phi) is 6.50. The zero-order chi connectivity index (χ0) is 39.0. The first-order valence-corrected chi connectivity index (χ1v) is 20.9. The van der Waals surface area contributed by atoms with Crippen molar-refractivity contribution in [2.24, 2.45) is 0 Å². The van der Waals surface area contributed by atoms with Gasteiger partial charge in [-0.2, -0.15) is 0 Å². The summed E-state index contributed by atoms with van der Waals surface area (Å²) in [5.74, 6) is 0. The molecular formula is C58H39N. The second-order valence-electron chi connectivity index (χ2n) is 17.1. The number of hydrogen-bond donors (Lipinski definition) is 0. The SMILES string of the molecule is CC1(C)c2ccccc2-c2c(N(c3ccc4c(c3)-c3ccccc3C43c4ccccc4-c4ccccc43)c3ccc4c5ccccc5c5ccccc5c4c3)cccc21. The van der Waals surface area contributed by atoms with Gasteiger partial charge >= 0.3 is 0 Å². The zero-order valence-corrected chi connectivity index (χ0v) is 33.0. The van der Waals surface area contributed by atoms with Gasteiger partial charge in [0, 0.05) is 22.4 Å². The summed E-state index contributed by atoms with van der Waals surface area (Å²) in [4.78, 5) is 2.55. The largest absolute Gasteiger partial charge is 0.310 e. The third-order valence-corrected chi connectivity index (χ3v) is 14.1. The van der Waals surface area contributed by atoms with Crippen LogP contribution in [0.2, 0.25) is 0 Å². The molecule has 276 valence electrons. The van der Waals surface area contributed by atoms with E-state index >= 15 is 0 Å². The highest BCUT2D eigenvalue weighted by Crippen LogP contribution is 2.63. The van der Waals surface area contributed by atoms with E-state index in [-0.39, 0.29) is 10.8 Å². The van der Waals surface area contributed by atoms with Crippen LogP contribution in [0.15, 0.2) is 200 Å². The van der Waals surface area contributed by atoms with Crippen molar-refractivity contribution in [3.63, 3.8) is 0 Å². The normalized spacial score (nSPS) is 14.5. The van der Waals surface area contributed by atoms with Gasteiger partial charge in [0.05, 0.1) is 11.1 Å². The van der Waals surface area contributed by atoms with Gasteiger partial charge in [-0.25, -0.2) is 0 Å². The fraction of sp³-hybridized carbons (Fsp3) is 0.0690. The van der Waals surface area contributed by atoms with Gasteiger partial charge in [0.1, 0.15) is 0 Å². The van der Waals surface area contributed by atoms with E-state index in [4.69, 9.17) is 0 Å². The molecule has 0 radical (unpaired) electrons. The minimum atomic E-state index is -0.387. The molecule has 0 unspecified atom stereocenters. The number of rotatable bonds is 3. The summed E-state index contributed by atoms with van der Waals surface area (Å²) in [6.07, 6.45) is 0. The van der Waals surface area contributed by atoms with Crippen molar-refractivity contribution < 1.29 is 0 Å². The highest BCUT2D eigenvalue weighted by atomic mass is 15.1. The molecule has 0 fully saturated rings. The van der Waals surface area contributed by atoms with Gasteiger partial charge in [-0.3, -0.25) is 0 Å². The maximum Gasteiger partial charge on any atom is 0.0725 e.